The number of amides is 1. The monoisotopic (exact) mass is 537 g/mol. The van der Waals surface area contributed by atoms with E-state index in [0.717, 1.165) is 16.8 Å². The van der Waals surface area contributed by atoms with Crippen LogP contribution in [0.1, 0.15) is 37.9 Å². The lowest BCUT2D eigenvalue weighted by molar-refractivity contribution is -0.121. The van der Waals surface area contributed by atoms with Crippen molar-refractivity contribution < 1.29 is 14.3 Å². The second-order valence-corrected chi connectivity index (χ2v) is 9.40. The molecular weight excluding hydrogens is 502 g/mol. The van der Waals surface area contributed by atoms with E-state index in [9.17, 15) is 4.79 Å². The topological polar surface area (TPSA) is 121 Å². The molecule has 1 unspecified atom stereocenters. The van der Waals surface area contributed by atoms with E-state index in [1.807, 2.05) is 93.6 Å². The molecule has 4 aromatic carbocycles. The van der Waals surface area contributed by atoms with Crippen LogP contribution in [0, 0.1) is 5.41 Å². The van der Waals surface area contributed by atoms with Crippen LogP contribution in [0.25, 0.3) is 11.1 Å². The third kappa shape index (κ3) is 7.11. The minimum absolute atomic E-state index is 0.0239. The maximum absolute atomic E-state index is 13.7. The summed E-state index contributed by atoms with van der Waals surface area (Å²) < 4.78 is 11.8. The van der Waals surface area contributed by atoms with Gasteiger partial charge in [0.15, 0.2) is 11.5 Å². The number of nitrogen functional groups attached to an aromatic ring is 1. The van der Waals surface area contributed by atoms with Gasteiger partial charge in [-0.2, -0.15) is 0 Å². The Morgan fingerprint density at radius 2 is 1.60 bits per heavy atom. The summed E-state index contributed by atoms with van der Waals surface area (Å²) in [6.45, 7) is 6.25. The van der Waals surface area contributed by atoms with Crippen LogP contribution >= 0.6 is 0 Å². The van der Waals surface area contributed by atoms with Crippen LogP contribution in [0.4, 0.5) is 11.4 Å². The third-order valence-electron chi connectivity index (χ3n) is 6.06. The normalized spacial score (nSPS) is 11.4. The first-order chi connectivity index (χ1) is 19.4. The number of para-hydroxylation sites is 1. The molecule has 6 N–H and O–H groups in total. The van der Waals surface area contributed by atoms with Crippen molar-refractivity contribution in [2.75, 3.05) is 17.3 Å². The Kier molecular flexibility index (Phi) is 9.25. The van der Waals surface area contributed by atoms with Crippen molar-refractivity contribution in [2.45, 2.75) is 32.9 Å². The van der Waals surface area contributed by atoms with E-state index in [-0.39, 0.29) is 17.8 Å². The van der Waals surface area contributed by atoms with Gasteiger partial charge in [0, 0.05) is 16.8 Å². The van der Waals surface area contributed by atoms with Crippen molar-refractivity contribution in [3.05, 3.63) is 108 Å². The second kappa shape index (κ2) is 13.2. The van der Waals surface area contributed by atoms with Gasteiger partial charge in [-0.1, -0.05) is 54.6 Å². The fraction of sp³-hybridized carbons (Fsp3) is 0.188. The van der Waals surface area contributed by atoms with E-state index >= 15 is 0 Å². The number of carbonyl (C=O) groups excluding carboxylic acids is 1. The largest absolute Gasteiger partial charge is 0.490 e. The fourth-order valence-corrected chi connectivity index (χ4v) is 4.20. The highest BCUT2D eigenvalue weighted by atomic mass is 16.5. The zero-order chi connectivity index (χ0) is 28.5. The quantitative estimate of drug-likeness (QED) is 0.0843. The molecule has 0 spiro atoms. The molecule has 0 fully saturated rings. The summed E-state index contributed by atoms with van der Waals surface area (Å²) in [6, 6.07) is 29.5. The van der Waals surface area contributed by atoms with Gasteiger partial charge in [0.2, 0.25) is 0 Å². The maximum atomic E-state index is 13.7. The Balaban J connectivity index is 1.63. The van der Waals surface area contributed by atoms with Gasteiger partial charge < -0.3 is 20.5 Å². The number of nitrogens with two attached hydrogens (primary N) is 1. The van der Waals surface area contributed by atoms with Crippen LogP contribution in [-0.4, -0.2) is 24.5 Å². The molecule has 4 aromatic rings. The highest BCUT2D eigenvalue weighted by Crippen LogP contribution is 2.33. The Labute approximate surface area is 235 Å². The van der Waals surface area contributed by atoms with Gasteiger partial charge in [-0.15, -0.1) is 0 Å². The number of rotatable bonds is 12. The summed E-state index contributed by atoms with van der Waals surface area (Å²) in [6.07, 6.45) is -0.0315. The van der Waals surface area contributed by atoms with Crippen LogP contribution < -0.4 is 31.4 Å². The Morgan fingerprint density at radius 3 is 2.27 bits per heavy atom. The lowest BCUT2D eigenvalue weighted by Gasteiger charge is -2.23. The van der Waals surface area contributed by atoms with Gasteiger partial charge in [-0.05, 0) is 74.4 Å². The molecule has 0 radical (unpaired) electrons. The summed E-state index contributed by atoms with van der Waals surface area (Å²) in [4.78, 5) is 13.7. The number of carbonyl (C=O) groups is 1. The molecule has 206 valence electrons. The maximum Gasteiger partial charge on any atom is 0.265 e. The van der Waals surface area contributed by atoms with Crippen molar-refractivity contribution in [3.8, 4) is 22.6 Å². The number of ether oxygens (including phenoxy) is 2. The summed E-state index contributed by atoms with van der Waals surface area (Å²) in [5.41, 5.74) is 16.3. The van der Waals surface area contributed by atoms with E-state index in [0.29, 0.717) is 34.9 Å². The molecule has 0 aliphatic heterocycles. The third-order valence-corrected chi connectivity index (χ3v) is 6.06. The van der Waals surface area contributed by atoms with Gasteiger partial charge >= 0.3 is 0 Å². The first-order valence-electron chi connectivity index (χ1n) is 13.2. The zero-order valence-electron chi connectivity index (χ0n) is 22.9. The van der Waals surface area contributed by atoms with Gasteiger partial charge in [0.25, 0.3) is 5.91 Å². The highest BCUT2D eigenvalue weighted by molar-refractivity contribution is 5.95. The average molecular weight is 538 g/mol. The lowest BCUT2D eigenvalue weighted by Crippen LogP contribution is -2.37. The van der Waals surface area contributed by atoms with Crippen LogP contribution in [0.3, 0.4) is 0 Å². The molecule has 40 heavy (non-hydrogen) atoms. The SMILES string of the molecule is CCOc1cc(C(Nc2ccc(C(=N)N)cc2)C(=O)NNc2ccccc2-c2ccccc2)ccc1OC(C)C. The molecule has 0 saturated heterocycles. The first kappa shape index (κ1) is 28.0. The zero-order valence-corrected chi connectivity index (χ0v) is 22.9. The number of benzene rings is 4. The minimum Gasteiger partial charge on any atom is -0.490 e. The van der Waals surface area contributed by atoms with Gasteiger partial charge in [-0.3, -0.25) is 21.1 Å². The standard InChI is InChI=1S/C32H35N5O3/c1-4-39-29-20-24(16-19-28(29)40-21(2)3)30(35-25-17-14-23(15-18-25)31(33)34)32(38)37-36-27-13-9-8-12-26(27)22-10-6-5-7-11-22/h5-21,30,35-36H,4H2,1-3H3,(H3,33,34)(H,37,38). The Bertz CT molecular complexity index is 1440. The van der Waals surface area contributed by atoms with Crippen LogP contribution in [0.5, 0.6) is 11.5 Å². The lowest BCUT2D eigenvalue weighted by atomic mass is 10.0. The van der Waals surface area contributed by atoms with E-state index in [2.05, 4.69) is 16.2 Å². The van der Waals surface area contributed by atoms with Crippen molar-refractivity contribution >= 4 is 23.1 Å². The van der Waals surface area contributed by atoms with E-state index < -0.39 is 6.04 Å². The van der Waals surface area contributed by atoms with Gasteiger partial charge in [0.05, 0.1) is 18.4 Å². The van der Waals surface area contributed by atoms with Crippen molar-refractivity contribution in [1.29, 1.82) is 5.41 Å². The molecule has 8 nitrogen and oxygen atoms in total. The van der Waals surface area contributed by atoms with E-state index in [4.69, 9.17) is 20.6 Å². The molecule has 0 bridgehead atoms. The minimum atomic E-state index is -0.785. The molecule has 0 aromatic heterocycles. The van der Waals surface area contributed by atoms with Crippen LogP contribution in [-0.2, 0) is 4.79 Å². The molecule has 0 aliphatic rings. The van der Waals surface area contributed by atoms with Gasteiger partial charge in [0.1, 0.15) is 11.9 Å². The molecule has 1 amide bonds. The number of hydrazine groups is 1. The van der Waals surface area contributed by atoms with Crippen LogP contribution in [0.15, 0.2) is 97.1 Å². The number of hydrogen-bond acceptors (Lipinski definition) is 6. The molecular formula is C32H35N5O3. The molecule has 1 atom stereocenters. The summed E-state index contributed by atoms with van der Waals surface area (Å²) in [5.74, 6) is 0.839. The van der Waals surface area contributed by atoms with Crippen LogP contribution in [0.2, 0.25) is 0 Å². The number of hydrogen-bond donors (Lipinski definition) is 5. The molecule has 4 rings (SSSR count). The van der Waals surface area contributed by atoms with Crippen molar-refractivity contribution in [1.82, 2.24) is 5.43 Å². The molecule has 8 heteroatoms. The number of amidine groups is 1. The number of nitrogens with one attached hydrogen (secondary N) is 4. The summed E-state index contributed by atoms with van der Waals surface area (Å²) in [5, 5.41) is 11.0. The molecule has 0 saturated carbocycles. The highest BCUT2D eigenvalue weighted by Gasteiger charge is 2.23. The second-order valence-electron chi connectivity index (χ2n) is 9.40. The van der Waals surface area contributed by atoms with Gasteiger partial charge in [-0.25, -0.2) is 0 Å². The fourth-order valence-electron chi connectivity index (χ4n) is 4.20. The predicted molar refractivity (Wildman–Crippen MR) is 161 cm³/mol. The Morgan fingerprint density at radius 1 is 0.900 bits per heavy atom. The van der Waals surface area contributed by atoms with E-state index in [1.54, 1.807) is 24.3 Å². The van der Waals surface area contributed by atoms with Crippen molar-refractivity contribution in [3.63, 3.8) is 0 Å². The molecule has 0 heterocycles. The smallest absolute Gasteiger partial charge is 0.265 e. The average Bonchev–Trinajstić information content (AvgIpc) is 2.96. The first-order valence-corrected chi connectivity index (χ1v) is 13.2. The summed E-state index contributed by atoms with van der Waals surface area (Å²) in [7, 11) is 0. The van der Waals surface area contributed by atoms with E-state index in [1.165, 1.54) is 0 Å². The number of anilines is 2. The summed E-state index contributed by atoms with van der Waals surface area (Å²) >= 11 is 0. The Hall–Kier alpha value is -4.98. The molecule has 0 aliphatic carbocycles. The predicted octanol–water partition coefficient (Wildman–Crippen LogP) is 6.12. The van der Waals surface area contributed by atoms with Crippen molar-refractivity contribution in [2.24, 2.45) is 5.73 Å².